The zero-order valence-corrected chi connectivity index (χ0v) is 24.1. The van der Waals surface area contributed by atoms with Crippen LogP contribution in [0.1, 0.15) is 77.6 Å². The molecule has 0 amide bonds. The zero-order valence-electron chi connectivity index (χ0n) is 24.1. The van der Waals surface area contributed by atoms with Gasteiger partial charge in [-0.3, -0.25) is 9.59 Å². The Bertz CT molecular complexity index is 504. The SMILES string of the molecule is CCCCCCCCCCCC(=O)OCCOCCOCCOCCOCCOCCOCCC(=O)OC. The molecule has 0 aliphatic rings. The molecule has 0 aromatic rings. The first-order chi connectivity index (χ1) is 18.7. The van der Waals surface area contributed by atoms with Crippen LogP contribution in [-0.2, 0) is 47.5 Å². The van der Waals surface area contributed by atoms with Crippen molar-refractivity contribution in [3.05, 3.63) is 0 Å². The maximum atomic E-state index is 11.7. The van der Waals surface area contributed by atoms with Crippen LogP contribution in [0.5, 0.6) is 0 Å². The van der Waals surface area contributed by atoms with Crippen LogP contribution in [-0.4, -0.2) is 105 Å². The molecule has 0 N–H and O–H groups in total. The number of esters is 2. The Hall–Kier alpha value is -1.30. The van der Waals surface area contributed by atoms with Gasteiger partial charge in [-0.05, 0) is 6.42 Å². The summed E-state index contributed by atoms with van der Waals surface area (Å²) in [6, 6.07) is 0. The minimum Gasteiger partial charge on any atom is -0.469 e. The average molecular weight is 551 g/mol. The lowest BCUT2D eigenvalue weighted by atomic mass is 10.1. The molecule has 0 bridgehead atoms. The van der Waals surface area contributed by atoms with Gasteiger partial charge in [0, 0.05) is 6.42 Å². The van der Waals surface area contributed by atoms with Gasteiger partial charge in [-0.15, -0.1) is 0 Å². The van der Waals surface area contributed by atoms with Crippen molar-refractivity contribution in [2.24, 2.45) is 0 Å². The standard InChI is InChI=1S/C28H54O10/c1-3-4-5-6-7-8-9-10-11-12-28(30)38-26-25-37-24-23-36-22-21-35-20-19-34-18-17-33-16-15-32-14-13-27(29)31-2/h3-26H2,1-2H3. The summed E-state index contributed by atoms with van der Waals surface area (Å²) in [4.78, 5) is 22.6. The summed E-state index contributed by atoms with van der Waals surface area (Å²) >= 11 is 0. The predicted octanol–water partition coefficient (Wildman–Crippen LogP) is 4.11. The van der Waals surface area contributed by atoms with E-state index in [4.69, 9.17) is 33.2 Å². The smallest absolute Gasteiger partial charge is 0.307 e. The van der Waals surface area contributed by atoms with Gasteiger partial charge in [0.25, 0.3) is 0 Å². The summed E-state index contributed by atoms with van der Waals surface area (Å²) in [6.07, 6.45) is 11.8. The van der Waals surface area contributed by atoms with E-state index < -0.39 is 0 Å². The molecule has 0 radical (unpaired) electrons. The average Bonchev–Trinajstić information content (AvgIpc) is 2.92. The van der Waals surface area contributed by atoms with Gasteiger partial charge in [0.15, 0.2) is 0 Å². The molecular weight excluding hydrogens is 496 g/mol. The Labute approximate surface area is 230 Å². The number of hydrogen-bond donors (Lipinski definition) is 0. The Kier molecular flexibility index (Phi) is 30.8. The molecule has 0 heterocycles. The molecule has 10 nitrogen and oxygen atoms in total. The lowest BCUT2D eigenvalue weighted by molar-refractivity contribution is -0.145. The number of methoxy groups -OCH3 is 1. The number of unbranched alkanes of at least 4 members (excludes halogenated alkanes) is 8. The molecular formula is C28H54O10. The molecule has 0 atom stereocenters. The largest absolute Gasteiger partial charge is 0.469 e. The normalized spacial score (nSPS) is 11.1. The van der Waals surface area contributed by atoms with Crippen LogP contribution in [0.3, 0.4) is 0 Å². The molecule has 10 heteroatoms. The Balaban J connectivity index is 3.14. The zero-order chi connectivity index (χ0) is 27.8. The second kappa shape index (κ2) is 31.9. The molecule has 0 spiro atoms. The third-order valence-electron chi connectivity index (χ3n) is 5.51. The number of rotatable bonds is 31. The van der Waals surface area contributed by atoms with Crippen molar-refractivity contribution in [1.29, 1.82) is 0 Å². The topological polar surface area (TPSA) is 108 Å². The number of carbonyl (C=O) groups excluding carboxylic acids is 2. The first kappa shape index (κ1) is 36.7. The van der Waals surface area contributed by atoms with E-state index in [0.717, 1.165) is 12.8 Å². The minimum absolute atomic E-state index is 0.139. The lowest BCUT2D eigenvalue weighted by Crippen LogP contribution is -2.15. The maximum Gasteiger partial charge on any atom is 0.307 e. The Morgan fingerprint density at radius 3 is 1.21 bits per heavy atom. The van der Waals surface area contributed by atoms with Gasteiger partial charge in [0.2, 0.25) is 0 Å². The van der Waals surface area contributed by atoms with Gasteiger partial charge in [0.1, 0.15) is 6.61 Å². The van der Waals surface area contributed by atoms with E-state index in [2.05, 4.69) is 11.7 Å². The van der Waals surface area contributed by atoms with Crippen LogP contribution in [0.4, 0.5) is 0 Å². The molecule has 226 valence electrons. The molecule has 0 aromatic carbocycles. The van der Waals surface area contributed by atoms with Crippen LogP contribution in [0.25, 0.3) is 0 Å². The van der Waals surface area contributed by atoms with Crippen molar-refractivity contribution in [3.8, 4) is 0 Å². The fourth-order valence-electron chi connectivity index (χ4n) is 3.33. The van der Waals surface area contributed by atoms with Crippen LogP contribution >= 0.6 is 0 Å². The van der Waals surface area contributed by atoms with Crippen molar-refractivity contribution in [1.82, 2.24) is 0 Å². The molecule has 0 saturated heterocycles. The highest BCUT2D eigenvalue weighted by atomic mass is 16.6. The van der Waals surface area contributed by atoms with Gasteiger partial charge in [-0.2, -0.15) is 0 Å². The van der Waals surface area contributed by atoms with Gasteiger partial charge in [0.05, 0.1) is 92.8 Å². The summed E-state index contributed by atoms with van der Waals surface area (Å²) in [6.45, 7) is 7.93. The monoisotopic (exact) mass is 550 g/mol. The van der Waals surface area contributed by atoms with Crippen LogP contribution in [0.15, 0.2) is 0 Å². The summed E-state index contributed by atoms with van der Waals surface area (Å²) in [5.74, 6) is -0.423. The first-order valence-electron chi connectivity index (χ1n) is 14.4. The Morgan fingerprint density at radius 1 is 0.421 bits per heavy atom. The fraction of sp³-hybridized carbons (Fsp3) is 0.929. The van der Waals surface area contributed by atoms with Crippen molar-refractivity contribution < 1.29 is 47.5 Å². The molecule has 38 heavy (non-hydrogen) atoms. The van der Waals surface area contributed by atoms with Crippen molar-refractivity contribution in [2.75, 3.05) is 93.0 Å². The minimum atomic E-state index is -0.285. The van der Waals surface area contributed by atoms with Crippen LogP contribution < -0.4 is 0 Å². The lowest BCUT2D eigenvalue weighted by Gasteiger charge is -2.08. The summed E-state index contributed by atoms with van der Waals surface area (Å²) in [7, 11) is 1.35. The predicted molar refractivity (Wildman–Crippen MR) is 144 cm³/mol. The van der Waals surface area contributed by atoms with Crippen LogP contribution in [0, 0.1) is 0 Å². The van der Waals surface area contributed by atoms with Gasteiger partial charge >= 0.3 is 11.9 Å². The second-order valence-corrected chi connectivity index (χ2v) is 8.80. The number of hydrogen-bond acceptors (Lipinski definition) is 10. The molecule has 0 aliphatic carbocycles. The summed E-state index contributed by atoms with van der Waals surface area (Å²) < 4.78 is 42.0. The quantitative estimate of drug-likeness (QED) is 0.0924. The number of carbonyl (C=O) groups is 2. The van der Waals surface area contributed by atoms with E-state index in [9.17, 15) is 9.59 Å². The molecule has 0 saturated carbocycles. The third-order valence-corrected chi connectivity index (χ3v) is 5.51. The number of ether oxygens (including phenoxy) is 8. The van der Waals surface area contributed by atoms with Crippen molar-refractivity contribution in [3.63, 3.8) is 0 Å². The maximum absolute atomic E-state index is 11.7. The molecule has 0 aromatic heterocycles. The van der Waals surface area contributed by atoms with Gasteiger partial charge < -0.3 is 37.9 Å². The van der Waals surface area contributed by atoms with E-state index >= 15 is 0 Å². The molecule has 0 fully saturated rings. The van der Waals surface area contributed by atoms with E-state index in [1.165, 1.54) is 52.1 Å². The highest BCUT2D eigenvalue weighted by Gasteiger charge is 2.03. The van der Waals surface area contributed by atoms with E-state index in [-0.39, 0.29) is 25.0 Å². The third kappa shape index (κ3) is 30.9. The van der Waals surface area contributed by atoms with Crippen LogP contribution in [0.2, 0.25) is 0 Å². The van der Waals surface area contributed by atoms with Crippen molar-refractivity contribution >= 4 is 11.9 Å². The molecule has 0 unspecified atom stereocenters. The Morgan fingerprint density at radius 2 is 0.789 bits per heavy atom. The summed E-state index contributed by atoms with van der Waals surface area (Å²) in [5.41, 5.74) is 0. The second-order valence-electron chi connectivity index (χ2n) is 8.80. The molecule has 0 rings (SSSR count). The van der Waals surface area contributed by atoms with Gasteiger partial charge in [-0.25, -0.2) is 0 Å². The molecule has 0 aliphatic heterocycles. The fourth-order valence-corrected chi connectivity index (χ4v) is 3.33. The first-order valence-corrected chi connectivity index (χ1v) is 14.4. The van der Waals surface area contributed by atoms with Gasteiger partial charge in [-0.1, -0.05) is 58.3 Å². The van der Waals surface area contributed by atoms with Crippen molar-refractivity contribution in [2.45, 2.75) is 77.6 Å². The highest BCUT2D eigenvalue weighted by molar-refractivity contribution is 5.69. The van der Waals surface area contributed by atoms with E-state index in [0.29, 0.717) is 85.7 Å². The van der Waals surface area contributed by atoms with E-state index in [1.807, 2.05) is 0 Å². The summed E-state index contributed by atoms with van der Waals surface area (Å²) in [5, 5.41) is 0. The van der Waals surface area contributed by atoms with E-state index in [1.54, 1.807) is 0 Å². The highest BCUT2D eigenvalue weighted by Crippen LogP contribution is 2.10.